The first-order valence-electron chi connectivity index (χ1n) is 9.42. The Labute approximate surface area is 164 Å². The van der Waals surface area contributed by atoms with E-state index < -0.39 is 0 Å². The van der Waals surface area contributed by atoms with Gasteiger partial charge in [0.1, 0.15) is 11.5 Å². The van der Waals surface area contributed by atoms with Gasteiger partial charge < -0.3 is 19.7 Å². The molecule has 142 valence electrons. The van der Waals surface area contributed by atoms with E-state index in [2.05, 4.69) is 5.32 Å². The van der Waals surface area contributed by atoms with E-state index in [9.17, 15) is 4.79 Å². The molecule has 1 aliphatic heterocycles. The number of halogens is 1. The summed E-state index contributed by atoms with van der Waals surface area (Å²) < 4.78 is 11.6. The maximum atomic E-state index is 12.8. The van der Waals surface area contributed by atoms with Gasteiger partial charge in [-0.2, -0.15) is 0 Å². The second kappa shape index (κ2) is 8.19. The van der Waals surface area contributed by atoms with Crippen molar-refractivity contribution in [2.45, 2.75) is 37.8 Å². The molecule has 6 heteroatoms. The van der Waals surface area contributed by atoms with Crippen LogP contribution in [0.2, 0.25) is 5.02 Å². The Morgan fingerprint density at radius 3 is 2.70 bits per heavy atom. The highest BCUT2D eigenvalue weighted by atomic mass is 35.5. The van der Waals surface area contributed by atoms with Crippen molar-refractivity contribution in [3.63, 3.8) is 0 Å². The van der Waals surface area contributed by atoms with E-state index in [-0.39, 0.29) is 18.2 Å². The van der Waals surface area contributed by atoms with Gasteiger partial charge in [0, 0.05) is 12.2 Å². The highest BCUT2D eigenvalue weighted by molar-refractivity contribution is 6.32. The molecule has 5 nitrogen and oxygen atoms in total. The molecule has 1 saturated heterocycles. The summed E-state index contributed by atoms with van der Waals surface area (Å²) in [7, 11) is 0. The first kappa shape index (κ1) is 18.1. The first-order valence-corrected chi connectivity index (χ1v) is 9.80. The van der Waals surface area contributed by atoms with Crippen molar-refractivity contribution >= 4 is 23.3 Å². The highest BCUT2D eigenvalue weighted by Crippen LogP contribution is 2.31. The maximum absolute atomic E-state index is 12.8. The lowest BCUT2D eigenvalue weighted by Crippen LogP contribution is -2.55. The number of fused-ring (bicyclic) bond motifs is 1. The van der Waals surface area contributed by atoms with Gasteiger partial charge in [-0.05, 0) is 49.2 Å². The third-order valence-electron chi connectivity index (χ3n) is 5.16. The Kier molecular flexibility index (Phi) is 5.50. The summed E-state index contributed by atoms with van der Waals surface area (Å²) in [6, 6.07) is 14.8. The maximum Gasteiger partial charge on any atom is 0.322 e. The van der Waals surface area contributed by atoms with Crippen LogP contribution in [0.1, 0.15) is 25.7 Å². The average molecular weight is 387 g/mol. The van der Waals surface area contributed by atoms with E-state index in [0.717, 1.165) is 24.9 Å². The summed E-state index contributed by atoms with van der Waals surface area (Å²) in [6.45, 7) is 1.25. The van der Waals surface area contributed by atoms with Crippen LogP contribution in [0.15, 0.2) is 48.5 Å². The number of para-hydroxylation sites is 1. The Morgan fingerprint density at radius 2 is 1.89 bits per heavy atom. The van der Waals surface area contributed by atoms with Crippen LogP contribution in [0.25, 0.3) is 0 Å². The van der Waals surface area contributed by atoms with Crippen molar-refractivity contribution in [1.82, 2.24) is 4.90 Å². The molecular formula is C21H23ClN2O3. The molecule has 2 aliphatic rings. The number of rotatable bonds is 3. The standard InChI is InChI=1S/C21H23ClN2O3/c22-17-5-1-3-7-19(17)27-16-11-9-15(10-12-16)23-21(25)24-13-14-26-20-8-4-2-6-18(20)24/h1,3,5,7,9-12,18,20H,2,4,6,8,13-14H2,(H,23,25)/t18-,20-/m0/s1. The average Bonchev–Trinajstić information content (AvgIpc) is 2.70. The molecule has 2 atom stereocenters. The minimum absolute atomic E-state index is 0.0602. The van der Waals surface area contributed by atoms with Gasteiger partial charge in [0.25, 0.3) is 0 Å². The molecule has 2 aromatic carbocycles. The lowest BCUT2D eigenvalue weighted by atomic mass is 9.90. The highest BCUT2D eigenvalue weighted by Gasteiger charge is 2.36. The van der Waals surface area contributed by atoms with Crippen molar-refractivity contribution in [1.29, 1.82) is 0 Å². The van der Waals surface area contributed by atoms with E-state index in [4.69, 9.17) is 21.1 Å². The number of benzene rings is 2. The number of hydrogen-bond donors (Lipinski definition) is 1. The molecule has 0 aromatic heterocycles. The number of nitrogens with zero attached hydrogens (tertiary/aromatic N) is 1. The van der Waals surface area contributed by atoms with Gasteiger partial charge in [0.05, 0.1) is 23.8 Å². The molecule has 1 N–H and O–H groups in total. The lowest BCUT2D eigenvalue weighted by molar-refractivity contribution is -0.0694. The topological polar surface area (TPSA) is 50.8 Å². The number of carbonyl (C=O) groups is 1. The van der Waals surface area contributed by atoms with Crippen molar-refractivity contribution in [2.75, 3.05) is 18.5 Å². The van der Waals surface area contributed by atoms with Gasteiger partial charge in [-0.25, -0.2) is 4.79 Å². The van der Waals surface area contributed by atoms with E-state index >= 15 is 0 Å². The molecule has 0 spiro atoms. The minimum Gasteiger partial charge on any atom is -0.456 e. The Hall–Kier alpha value is -2.24. The number of ether oxygens (including phenoxy) is 2. The van der Waals surface area contributed by atoms with E-state index in [1.54, 1.807) is 6.07 Å². The first-order chi connectivity index (χ1) is 13.2. The van der Waals surface area contributed by atoms with Crippen molar-refractivity contribution < 1.29 is 14.3 Å². The van der Waals surface area contributed by atoms with Crippen LogP contribution in [-0.2, 0) is 4.74 Å². The summed E-state index contributed by atoms with van der Waals surface area (Å²) in [6.07, 6.45) is 4.58. The van der Waals surface area contributed by atoms with Gasteiger partial charge in [0.15, 0.2) is 0 Å². The van der Waals surface area contributed by atoms with Crippen LogP contribution in [0.5, 0.6) is 11.5 Å². The summed E-state index contributed by atoms with van der Waals surface area (Å²) >= 11 is 6.12. The SMILES string of the molecule is O=C(Nc1ccc(Oc2ccccc2Cl)cc1)N1CCO[C@H]2CCCC[C@@H]21. The normalized spacial score (nSPS) is 22.0. The number of amides is 2. The van der Waals surface area contributed by atoms with Gasteiger partial charge in [-0.15, -0.1) is 0 Å². The van der Waals surface area contributed by atoms with Gasteiger partial charge in [-0.3, -0.25) is 0 Å². The van der Waals surface area contributed by atoms with Crippen LogP contribution in [-0.4, -0.2) is 36.2 Å². The molecule has 1 saturated carbocycles. The van der Waals surface area contributed by atoms with Crippen molar-refractivity contribution in [3.8, 4) is 11.5 Å². The van der Waals surface area contributed by atoms with Crippen LogP contribution < -0.4 is 10.1 Å². The van der Waals surface area contributed by atoms with Crippen LogP contribution in [0, 0.1) is 0 Å². The molecule has 1 heterocycles. The molecule has 2 aromatic rings. The number of nitrogens with one attached hydrogen (secondary N) is 1. The molecule has 2 amide bonds. The Balaban J connectivity index is 1.39. The fourth-order valence-electron chi connectivity index (χ4n) is 3.80. The molecule has 0 unspecified atom stereocenters. The van der Waals surface area contributed by atoms with Crippen LogP contribution in [0.3, 0.4) is 0 Å². The summed E-state index contributed by atoms with van der Waals surface area (Å²) in [5.74, 6) is 1.27. The number of morpholine rings is 1. The quantitative estimate of drug-likeness (QED) is 0.777. The van der Waals surface area contributed by atoms with Gasteiger partial charge in [0.2, 0.25) is 0 Å². The monoisotopic (exact) mass is 386 g/mol. The molecule has 2 fully saturated rings. The smallest absolute Gasteiger partial charge is 0.322 e. The predicted octanol–water partition coefficient (Wildman–Crippen LogP) is 5.31. The zero-order valence-electron chi connectivity index (χ0n) is 15.1. The summed E-state index contributed by atoms with van der Waals surface area (Å²) in [5, 5.41) is 3.56. The molecular weight excluding hydrogens is 364 g/mol. The summed E-state index contributed by atoms with van der Waals surface area (Å²) in [5.41, 5.74) is 0.741. The van der Waals surface area contributed by atoms with E-state index in [1.165, 1.54) is 6.42 Å². The van der Waals surface area contributed by atoms with Crippen LogP contribution >= 0.6 is 11.6 Å². The lowest BCUT2D eigenvalue weighted by Gasteiger charge is -2.43. The third-order valence-corrected chi connectivity index (χ3v) is 5.48. The van der Waals surface area contributed by atoms with Crippen molar-refractivity contribution in [3.05, 3.63) is 53.6 Å². The molecule has 0 radical (unpaired) electrons. The Bertz CT molecular complexity index is 794. The zero-order valence-corrected chi connectivity index (χ0v) is 15.8. The predicted molar refractivity (Wildman–Crippen MR) is 106 cm³/mol. The van der Waals surface area contributed by atoms with Gasteiger partial charge >= 0.3 is 6.03 Å². The van der Waals surface area contributed by atoms with E-state index in [1.807, 2.05) is 47.4 Å². The second-order valence-corrected chi connectivity index (χ2v) is 7.35. The molecule has 4 rings (SSSR count). The molecule has 1 aliphatic carbocycles. The number of hydrogen-bond acceptors (Lipinski definition) is 3. The fraction of sp³-hybridized carbons (Fsp3) is 0.381. The number of anilines is 1. The van der Waals surface area contributed by atoms with Crippen molar-refractivity contribution in [2.24, 2.45) is 0 Å². The molecule has 27 heavy (non-hydrogen) atoms. The fourth-order valence-corrected chi connectivity index (χ4v) is 3.98. The number of urea groups is 1. The van der Waals surface area contributed by atoms with Crippen LogP contribution in [0.4, 0.5) is 10.5 Å². The summed E-state index contributed by atoms with van der Waals surface area (Å²) in [4.78, 5) is 14.7. The second-order valence-electron chi connectivity index (χ2n) is 6.94. The largest absolute Gasteiger partial charge is 0.456 e. The Morgan fingerprint density at radius 1 is 1.11 bits per heavy atom. The molecule has 0 bridgehead atoms. The minimum atomic E-state index is -0.0602. The van der Waals surface area contributed by atoms with Gasteiger partial charge in [-0.1, -0.05) is 36.6 Å². The number of carbonyl (C=O) groups excluding carboxylic acids is 1. The third kappa shape index (κ3) is 4.20. The zero-order chi connectivity index (χ0) is 18.6. The van der Waals surface area contributed by atoms with E-state index in [0.29, 0.717) is 29.7 Å².